The van der Waals surface area contributed by atoms with Crippen LogP contribution in [0.3, 0.4) is 0 Å². The maximum Gasteiger partial charge on any atom is 0.487 e. The van der Waals surface area contributed by atoms with E-state index in [1.807, 2.05) is 0 Å². The molecule has 1 saturated heterocycles. The summed E-state index contributed by atoms with van der Waals surface area (Å²) in [5, 5.41) is 0. The summed E-state index contributed by atoms with van der Waals surface area (Å²) in [7, 11) is 0. The molecule has 1 amide bonds. The Bertz CT molecular complexity index is 781. The second-order valence-electron chi connectivity index (χ2n) is 5.83. The Labute approximate surface area is 152 Å². The highest BCUT2D eigenvalue weighted by Crippen LogP contribution is 2.38. The molecule has 1 aromatic heterocycles. The molecular formula is C17H15ClF3N3O2. The second-order valence-corrected chi connectivity index (χ2v) is 6.27. The van der Waals surface area contributed by atoms with Gasteiger partial charge >= 0.3 is 5.57 Å². The molecule has 2 unspecified atom stereocenters. The molecule has 5 nitrogen and oxygen atoms in total. The lowest BCUT2D eigenvalue weighted by Crippen LogP contribution is -2.27. The molecule has 0 bridgehead atoms. The number of anilines is 1. The molecule has 1 aliphatic rings. The Morgan fingerprint density at radius 1 is 1.27 bits per heavy atom. The first-order valence-corrected chi connectivity index (χ1v) is 8.14. The van der Waals surface area contributed by atoms with Gasteiger partial charge in [0, 0.05) is 24.3 Å². The van der Waals surface area contributed by atoms with Gasteiger partial charge in [0.05, 0.1) is 11.6 Å². The number of aromatic nitrogens is 1. The number of hydrogen-bond acceptors (Lipinski definition) is 4. The fourth-order valence-corrected chi connectivity index (χ4v) is 3.06. The molecule has 138 valence electrons. The first-order valence-electron chi connectivity index (χ1n) is 7.77. The number of ether oxygens (including phenoxy) is 1. The van der Waals surface area contributed by atoms with Gasteiger partial charge < -0.3 is 15.4 Å². The Balaban J connectivity index is 1.83. The summed E-state index contributed by atoms with van der Waals surface area (Å²) in [6.45, 7) is 0.423. The average Bonchev–Trinajstić information content (AvgIpc) is 2.96. The fraction of sp³-hybridized carbons (Fsp3) is 0.294. The van der Waals surface area contributed by atoms with Gasteiger partial charge in [-0.2, -0.15) is 0 Å². The highest BCUT2D eigenvalue weighted by Gasteiger charge is 2.36. The molecular weight excluding hydrogens is 371 g/mol. The highest BCUT2D eigenvalue weighted by atomic mass is 35.5. The minimum Gasteiger partial charge on any atom is -0.420 e. The molecule has 2 heterocycles. The summed E-state index contributed by atoms with van der Waals surface area (Å²) in [5.41, 5.74) is 2.22. The number of carbonyl (C=O) groups is 1. The minimum atomic E-state index is -3.81. The third-order valence-electron chi connectivity index (χ3n) is 4.11. The summed E-state index contributed by atoms with van der Waals surface area (Å²) in [4.78, 5) is 17.1. The fourth-order valence-electron chi connectivity index (χ4n) is 2.97. The van der Waals surface area contributed by atoms with Crippen LogP contribution < -0.4 is 15.4 Å². The smallest absolute Gasteiger partial charge is 0.420 e. The zero-order chi connectivity index (χ0) is 18.9. The zero-order valence-corrected chi connectivity index (χ0v) is 14.2. The first kappa shape index (κ1) is 18.3. The molecule has 0 spiro atoms. The Morgan fingerprint density at radius 3 is 2.50 bits per heavy atom. The van der Waals surface area contributed by atoms with Crippen LogP contribution >= 0.6 is 11.6 Å². The molecule has 2 aromatic rings. The normalized spacial score (nSPS) is 20.2. The summed E-state index contributed by atoms with van der Waals surface area (Å²) in [6.07, 6.45) is 0.468. The number of amides is 1. The molecule has 0 radical (unpaired) electrons. The minimum absolute atomic E-state index is 0.127. The number of halogens is 4. The summed E-state index contributed by atoms with van der Waals surface area (Å²) < 4.78 is 44.1. The Kier molecular flexibility index (Phi) is 4.95. The first-order chi connectivity index (χ1) is 12.2. The van der Waals surface area contributed by atoms with Gasteiger partial charge in [-0.25, -0.2) is 9.37 Å². The van der Waals surface area contributed by atoms with Gasteiger partial charge in [-0.3, -0.25) is 4.79 Å². The second kappa shape index (κ2) is 7.03. The number of rotatable bonds is 5. The third-order valence-corrected chi connectivity index (χ3v) is 4.18. The van der Waals surface area contributed by atoms with E-state index < -0.39 is 23.7 Å². The van der Waals surface area contributed by atoms with Crippen LogP contribution in [-0.2, 0) is 0 Å². The standard InChI is InChI=1S/C17H15ClF3N3O2/c18-17(20,21)26-12-4-1-10(2-5-12)15-13(19)7-8-24(15)14-6-3-11(9-23-14)16(22)25/h1-6,9,13,15H,7-8H2,(H2,22,25). The van der Waals surface area contributed by atoms with E-state index >= 15 is 0 Å². The van der Waals surface area contributed by atoms with E-state index in [1.165, 1.54) is 36.5 Å². The lowest BCUT2D eigenvalue weighted by Gasteiger charge is -2.27. The number of nitrogens with zero attached hydrogens (tertiary/aromatic N) is 2. The molecule has 2 N–H and O–H groups in total. The van der Waals surface area contributed by atoms with Crippen LogP contribution in [0.1, 0.15) is 28.4 Å². The van der Waals surface area contributed by atoms with E-state index in [4.69, 9.17) is 17.3 Å². The van der Waals surface area contributed by atoms with Crippen LogP contribution in [0.2, 0.25) is 0 Å². The van der Waals surface area contributed by atoms with Crippen molar-refractivity contribution in [1.82, 2.24) is 4.98 Å². The van der Waals surface area contributed by atoms with Crippen molar-refractivity contribution in [1.29, 1.82) is 0 Å². The van der Waals surface area contributed by atoms with E-state index in [0.717, 1.165) is 0 Å². The van der Waals surface area contributed by atoms with Gasteiger partial charge in [-0.1, -0.05) is 12.1 Å². The monoisotopic (exact) mass is 385 g/mol. The van der Waals surface area contributed by atoms with Crippen LogP contribution in [0.25, 0.3) is 0 Å². The number of carbonyl (C=O) groups excluding carboxylic acids is 1. The Morgan fingerprint density at radius 2 is 1.96 bits per heavy atom. The van der Waals surface area contributed by atoms with E-state index in [1.54, 1.807) is 11.0 Å². The van der Waals surface area contributed by atoms with Crippen LogP contribution in [0.5, 0.6) is 5.75 Å². The van der Waals surface area contributed by atoms with Crippen LogP contribution in [0.4, 0.5) is 19.0 Å². The van der Waals surface area contributed by atoms with Crippen molar-refractivity contribution < 1.29 is 22.7 Å². The molecule has 1 fully saturated rings. The molecule has 0 aliphatic carbocycles. The van der Waals surface area contributed by atoms with E-state index in [-0.39, 0.29) is 11.3 Å². The zero-order valence-electron chi connectivity index (χ0n) is 13.4. The summed E-state index contributed by atoms with van der Waals surface area (Å²) >= 11 is 4.73. The van der Waals surface area contributed by atoms with Gasteiger partial charge in [-0.05, 0) is 36.2 Å². The van der Waals surface area contributed by atoms with E-state index in [0.29, 0.717) is 24.3 Å². The van der Waals surface area contributed by atoms with Crippen molar-refractivity contribution in [3.63, 3.8) is 0 Å². The van der Waals surface area contributed by atoms with Crippen molar-refractivity contribution in [2.45, 2.75) is 24.2 Å². The number of pyridine rings is 1. The largest absolute Gasteiger partial charge is 0.487 e. The van der Waals surface area contributed by atoms with Gasteiger partial charge in [0.25, 0.3) is 0 Å². The third kappa shape index (κ3) is 4.01. The molecule has 1 aromatic carbocycles. The molecule has 26 heavy (non-hydrogen) atoms. The Hall–Kier alpha value is -2.48. The van der Waals surface area contributed by atoms with Crippen molar-refractivity contribution >= 4 is 23.3 Å². The number of alkyl halides is 4. The summed E-state index contributed by atoms with van der Waals surface area (Å²) in [6, 6.07) is 8.10. The molecule has 2 atom stereocenters. The number of nitrogens with two attached hydrogens (primary N) is 1. The predicted molar refractivity (Wildman–Crippen MR) is 90.2 cm³/mol. The molecule has 1 aliphatic heterocycles. The SMILES string of the molecule is NC(=O)c1ccc(N2CCC(F)C2c2ccc(OC(F)(F)Cl)cc2)nc1. The maximum atomic E-state index is 14.5. The molecule has 3 rings (SSSR count). The molecule has 0 saturated carbocycles. The quantitative estimate of drug-likeness (QED) is 0.798. The topological polar surface area (TPSA) is 68.5 Å². The maximum absolute atomic E-state index is 14.5. The summed E-state index contributed by atoms with van der Waals surface area (Å²) in [5.74, 6) is -0.234. The van der Waals surface area contributed by atoms with Crippen LogP contribution in [0, 0.1) is 0 Å². The lowest BCUT2D eigenvalue weighted by atomic mass is 10.0. The molecule has 9 heteroatoms. The van der Waals surface area contributed by atoms with Gasteiger partial charge in [0.1, 0.15) is 17.7 Å². The predicted octanol–water partition coefficient (Wildman–Crippen LogP) is 3.64. The van der Waals surface area contributed by atoms with Crippen LogP contribution in [-0.4, -0.2) is 29.2 Å². The van der Waals surface area contributed by atoms with E-state index in [9.17, 15) is 18.0 Å². The average molecular weight is 386 g/mol. The lowest BCUT2D eigenvalue weighted by molar-refractivity contribution is -0.0964. The highest BCUT2D eigenvalue weighted by molar-refractivity contribution is 6.20. The van der Waals surface area contributed by atoms with Crippen molar-refractivity contribution in [2.75, 3.05) is 11.4 Å². The van der Waals surface area contributed by atoms with Crippen molar-refractivity contribution in [3.05, 3.63) is 53.7 Å². The van der Waals surface area contributed by atoms with Gasteiger partial charge in [-0.15, -0.1) is 8.78 Å². The van der Waals surface area contributed by atoms with Crippen molar-refractivity contribution in [3.8, 4) is 5.75 Å². The van der Waals surface area contributed by atoms with Crippen molar-refractivity contribution in [2.24, 2.45) is 5.73 Å². The van der Waals surface area contributed by atoms with Crippen LogP contribution in [0.15, 0.2) is 42.6 Å². The number of hydrogen-bond donors (Lipinski definition) is 1. The van der Waals surface area contributed by atoms with Gasteiger partial charge in [0.2, 0.25) is 5.91 Å². The van der Waals surface area contributed by atoms with E-state index in [2.05, 4.69) is 9.72 Å². The number of primary amides is 1. The number of benzene rings is 1. The van der Waals surface area contributed by atoms with Gasteiger partial charge in [0.15, 0.2) is 0 Å².